The number of aryl methyl sites for hydroxylation is 1. The molecule has 0 bridgehead atoms. The maximum absolute atomic E-state index is 13.2. The molecule has 1 aromatic heterocycles. The van der Waals surface area contributed by atoms with Gasteiger partial charge in [0.15, 0.2) is 0 Å². The van der Waals surface area contributed by atoms with Gasteiger partial charge < -0.3 is 5.32 Å². The highest BCUT2D eigenvalue weighted by Crippen LogP contribution is 2.31. The van der Waals surface area contributed by atoms with Crippen molar-refractivity contribution >= 4 is 11.7 Å². The van der Waals surface area contributed by atoms with Crippen LogP contribution in [0, 0.1) is 12.7 Å². The van der Waals surface area contributed by atoms with Crippen LogP contribution in [0.15, 0.2) is 24.3 Å². The second-order valence-corrected chi connectivity index (χ2v) is 6.72. The summed E-state index contributed by atoms with van der Waals surface area (Å²) in [5.41, 5.74) is 2.88. The number of hydrogen-bond acceptors (Lipinski definition) is 4. The summed E-state index contributed by atoms with van der Waals surface area (Å²) < 4.78 is 13.2. The van der Waals surface area contributed by atoms with Crippen LogP contribution < -0.4 is 10.2 Å². The predicted octanol–water partition coefficient (Wildman–Crippen LogP) is 2.83. The number of anilines is 1. The van der Waals surface area contributed by atoms with Crippen molar-refractivity contribution in [3.63, 3.8) is 0 Å². The van der Waals surface area contributed by atoms with Crippen molar-refractivity contribution in [1.29, 1.82) is 0 Å². The van der Waals surface area contributed by atoms with Gasteiger partial charge in [0.05, 0.1) is 12.6 Å². The molecule has 6 heteroatoms. The summed E-state index contributed by atoms with van der Waals surface area (Å²) in [6.07, 6.45) is 3.27. The smallest absolute Gasteiger partial charge is 0.228 e. The van der Waals surface area contributed by atoms with E-state index in [1.807, 2.05) is 6.92 Å². The molecule has 5 nitrogen and oxygen atoms in total. The van der Waals surface area contributed by atoms with Gasteiger partial charge in [-0.2, -0.15) is 0 Å². The molecular formula is C19H21FN4O. The van der Waals surface area contributed by atoms with E-state index in [4.69, 9.17) is 4.98 Å². The number of aromatic nitrogens is 2. The van der Waals surface area contributed by atoms with Crippen LogP contribution in [0.3, 0.4) is 0 Å². The molecule has 0 unspecified atom stereocenters. The van der Waals surface area contributed by atoms with E-state index in [1.165, 1.54) is 12.1 Å². The highest BCUT2D eigenvalue weighted by Gasteiger charge is 2.30. The number of hydrogen-bond donors (Lipinski definition) is 1. The Morgan fingerprint density at radius 2 is 2.04 bits per heavy atom. The Morgan fingerprint density at radius 3 is 2.76 bits per heavy atom. The fourth-order valence-corrected chi connectivity index (χ4v) is 3.60. The molecule has 1 aromatic carbocycles. The highest BCUT2D eigenvalue weighted by molar-refractivity contribution is 5.95. The van der Waals surface area contributed by atoms with Crippen molar-refractivity contribution in [2.24, 2.45) is 0 Å². The normalized spacial score (nSPS) is 20.0. The zero-order valence-corrected chi connectivity index (χ0v) is 14.3. The van der Waals surface area contributed by atoms with Crippen molar-refractivity contribution in [2.75, 3.05) is 11.4 Å². The summed E-state index contributed by atoms with van der Waals surface area (Å²) in [7, 11) is 0. The van der Waals surface area contributed by atoms with Crippen LogP contribution in [0.25, 0.3) is 0 Å². The molecule has 2 aliphatic rings. The maximum atomic E-state index is 13.2. The quantitative estimate of drug-likeness (QED) is 0.933. The summed E-state index contributed by atoms with van der Waals surface area (Å²) in [4.78, 5) is 23.7. The van der Waals surface area contributed by atoms with Crippen molar-refractivity contribution < 1.29 is 9.18 Å². The molecule has 0 radical (unpaired) electrons. The lowest BCUT2D eigenvalue weighted by atomic mass is 10.0. The van der Waals surface area contributed by atoms with Crippen LogP contribution in [0.5, 0.6) is 0 Å². The van der Waals surface area contributed by atoms with Gasteiger partial charge >= 0.3 is 0 Å². The van der Waals surface area contributed by atoms with Crippen LogP contribution >= 0.6 is 0 Å². The molecular weight excluding hydrogens is 319 g/mol. The van der Waals surface area contributed by atoms with Crippen molar-refractivity contribution in [1.82, 2.24) is 15.3 Å². The Morgan fingerprint density at radius 1 is 1.24 bits per heavy atom. The van der Waals surface area contributed by atoms with Crippen LogP contribution in [0.2, 0.25) is 0 Å². The molecule has 3 heterocycles. The second-order valence-electron chi connectivity index (χ2n) is 6.72. The molecule has 0 aliphatic carbocycles. The van der Waals surface area contributed by atoms with E-state index in [0.717, 1.165) is 47.8 Å². The van der Waals surface area contributed by atoms with Gasteiger partial charge in [0.1, 0.15) is 17.5 Å². The molecule has 25 heavy (non-hydrogen) atoms. The molecule has 2 aliphatic heterocycles. The monoisotopic (exact) mass is 340 g/mol. The van der Waals surface area contributed by atoms with Crippen LogP contribution in [0.1, 0.15) is 47.9 Å². The first kappa shape index (κ1) is 16.1. The number of benzene rings is 1. The SMILES string of the molecule is Cc1nc([C@H]2CCCN2)nc2c1CCC(=O)N2Cc1ccc(F)cc1. The van der Waals surface area contributed by atoms with Gasteiger partial charge in [-0.1, -0.05) is 12.1 Å². The average Bonchev–Trinajstić information content (AvgIpc) is 3.14. The Hall–Kier alpha value is -2.34. The van der Waals surface area contributed by atoms with Gasteiger partial charge in [-0.15, -0.1) is 0 Å². The van der Waals surface area contributed by atoms with Gasteiger partial charge in [0.2, 0.25) is 5.91 Å². The highest BCUT2D eigenvalue weighted by atomic mass is 19.1. The van der Waals surface area contributed by atoms with Crippen LogP contribution in [-0.4, -0.2) is 22.4 Å². The number of halogens is 1. The van der Waals surface area contributed by atoms with E-state index < -0.39 is 0 Å². The fourth-order valence-electron chi connectivity index (χ4n) is 3.60. The van der Waals surface area contributed by atoms with Crippen molar-refractivity contribution in [2.45, 2.75) is 45.2 Å². The third-order valence-electron chi connectivity index (χ3n) is 4.98. The largest absolute Gasteiger partial charge is 0.307 e. The third kappa shape index (κ3) is 3.14. The Kier molecular flexibility index (Phi) is 4.21. The summed E-state index contributed by atoms with van der Waals surface area (Å²) in [6, 6.07) is 6.43. The first-order valence-corrected chi connectivity index (χ1v) is 8.77. The number of fused-ring (bicyclic) bond motifs is 1. The average molecular weight is 340 g/mol. The van der Waals surface area contributed by atoms with E-state index in [2.05, 4.69) is 10.3 Å². The minimum absolute atomic E-state index is 0.0558. The van der Waals surface area contributed by atoms with Crippen LogP contribution in [0.4, 0.5) is 10.2 Å². The lowest BCUT2D eigenvalue weighted by Gasteiger charge is -2.30. The second kappa shape index (κ2) is 6.52. The number of nitrogens with zero attached hydrogens (tertiary/aromatic N) is 3. The predicted molar refractivity (Wildman–Crippen MR) is 92.7 cm³/mol. The van der Waals surface area contributed by atoms with E-state index >= 15 is 0 Å². The van der Waals surface area contributed by atoms with Gasteiger partial charge in [0.25, 0.3) is 0 Å². The molecule has 1 N–H and O–H groups in total. The zero-order chi connectivity index (χ0) is 17.4. The van der Waals surface area contributed by atoms with Gasteiger partial charge in [-0.25, -0.2) is 14.4 Å². The van der Waals surface area contributed by atoms with Gasteiger partial charge in [0, 0.05) is 17.7 Å². The van der Waals surface area contributed by atoms with Gasteiger partial charge in [-0.05, 0) is 50.4 Å². The first-order chi connectivity index (χ1) is 12.1. The van der Waals surface area contributed by atoms with Gasteiger partial charge in [-0.3, -0.25) is 9.69 Å². The number of carbonyl (C=O) groups excluding carboxylic acids is 1. The van der Waals surface area contributed by atoms with Crippen LogP contribution in [-0.2, 0) is 17.8 Å². The lowest BCUT2D eigenvalue weighted by Crippen LogP contribution is -2.36. The minimum Gasteiger partial charge on any atom is -0.307 e. The number of nitrogens with one attached hydrogen (secondary N) is 1. The Labute approximate surface area is 146 Å². The van der Waals surface area contributed by atoms with Crippen molar-refractivity contribution in [3.8, 4) is 0 Å². The molecule has 0 spiro atoms. The summed E-state index contributed by atoms with van der Waals surface area (Å²) >= 11 is 0. The number of rotatable bonds is 3. The van der Waals surface area contributed by atoms with E-state index in [0.29, 0.717) is 19.4 Å². The number of carbonyl (C=O) groups is 1. The standard InChI is InChI=1S/C19H21FN4O/c1-12-15-8-9-17(25)24(11-13-4-6-14(20)7-5-13)19(15)23-18(22-12)16-3-2-10-21-16/h4-7,16,21H,2-3,8-11H2,1H3/t16-/m1/s1. The fraction of sp³-hybridized carbons (Fsp3) is 0.421. The molecule has 1 amide bonds. The van der Waals surface area contributed by atoms with E-state index in [-0.39, 0.29) is 17.8 Å². The molecule has 130 valence electrons. The number of amides is 1. The Bertz CT molecular complexity index is 800. The topological polar surface area (TPSA) is 58.1 Å². The maximum Gasteiger partial charge on any atom is 0.228 e. The van der Waals surface area contributed by atoms with E-state index in [9.17, 15) is 9.18 Å². The zero-order valence-electron chi connectivity index (χ0n) is 14.3. The molecule has 1 atom stereocenters. The van der Waals surface area contributed by atoms with E-state index in [1.54, 1.807) is 17.0 Å². The summed E-state index contributed by atoms with van der Waals surface area (Å²) in [5.74, 6) is 1.27. The minimum atomic E-state index is -0.276. The lowest BCUT2D eigenvalue weighted by molar-refractivity contribution is -0.119. The molecule has 4 rings (SSSR count). The molecule has 0 saturated carbocycles. The third-order valence-corrected chi connectivity index (χ3v) is 4.98. The first-order valence-electron chi connectivity index (χ1n) is 8.77. The summed E-state index contributed by atoms with van der Waals surface area (Å²) in [5, 5.41) is 3.42. The molecule has 1 saturated heterocycles. The van der Waals surface area contributed by atoms with Crippen molar-refractivity contribution in [3.05, 3.63) is 52.7 Å². The molecule has 1 fully saturated rings. The molecule has 2 aromatic rings. The summed E-state index contributed by atoms with van der Waals surface area (Å²) in [6.45, 7) is 3.37. The Balaban J connectivity index is 1.71.